The molecule has 1 aromatic heterocycles. The van der Waals surface area contributed by atoms with Crippen molar-refractivity contribution >= 4 is 22.1 Å². The highest BCUT2D eigenvalue weighted by atomic mass is 16.5. The molecule has 2 aromatic carbocycles. The monoisotopic (exact) mass is 256 g/mol. The van der Waals surface area contributed by atoms with Crippen LogP contribution in [-0.4, -0.2) is 27.3 Å². The summed E-state index contributed by atoms with van der Waals surface area (Å²) in [7, 11) is 1.48. The Morgan fingerprint density at radius 1 is 0.842 bits per heavy atom. The third kappa shape index (κ3) is 1.79. The quantitative estimate of drug-likeness (QED) is 0.654. The van der Waals surface area contributed by atoms with Gasteiger partial charge in [-0.2, -0.15) is 0 Å². The summed E-state index contributed by atoms with van der Waals surface area (Å²) >= 11 is 0. The molecule has 0 saturated heterocycles. The number of hydrogen-bond acceptors (Lipinski definition) is 5. The lowest BCUT2D eigenvalue weighted by Crippen LogP contribution is -1.91. The lowest BCUT2D eigenvalue weighted by Gasteiger charge is -2.07. The molecule has 2 N–H and O–H groups in total. The van der Waals surface area contributed by atoms with Crippen LogP contribution in [0.15, 0.2) is 24.3 Å². The van der Waals surface area contributed by atoms with Crippen LogP contribution in [-0.2, 0) is 0 Å². The Labute approximate surface area is 109 Å². The zero-order valence-electron chi connectivity index (χ0n) is 10.5. The van der Waals surface area contributed by atoms with Gasteiger partial charge in [0.2, 0.25) is 0 Å². The first kappa shape index (κ1) is 11.5. The van der Waals surface area contributed by atoms with Crippen LogP contribution in [0.5, 0.6) is 17.2 Å². The normalized spacial score (nSPS) is 11.1. The Morgan fingerprint density at radius 2 is 1.37 bits per heavy atom. The van der Waals surface area contributed by atoms with Crippen LogP contribution in [0.2, 0.25) is 0 Å². The van der Waals surface area contributed by atoms with Crippen molar-refractivity contribution in [1.29, 1.82) is 0 Å². The van der Waals surface area contributed by atoms with E-state index in [9.17, 15) is 10.2 Å². The van der Waals surface area contributed by atoms with Crippen LogP contribution in [0, 0.1) is 6.92 Å². The maximum absolute atomic E-state index is 9.75. The smallest absolute Gasteiger partial charge is 0.162 e. The fourth-order valence-corrected chi connectivity index (χ4v) is 2.00. The molecule has 0 aliphatic heterocycles. The summed E-state index contributed by atoms with van der Waals surface area (Å²) in [5, 5.41) is 19.4. The number of methoxy groups -OCH3 is 1. The first-order valence-corrected chi connectivity index (χ1v) is 5.76. The molecular weight excluding hydrogens is 244 g/mol. The van der Waals surface area contributed by atoms with Gasteiger partial charge in [0, 0.05) is 18.2 Å². The molecular formula is C14H12N2O3. The van der Waals surface area contributed by atoms with Crippen molar-refractivity contribution in [3.8, 4) is 17.2 Å². The first-order valence-electron chi connectivity index (χ1n) is 5.76. The topological polar surface area (TPSA) is 75.5 Å². The van der Waals surface area contributed by atoms with Crippen LogP contribution in [0.3, 0.4) is 0 Å². The number of aromatic hydroxyl groups is 2. The van der Waals surface area contributed by atoms with Gasteiger partial charge < -0.3 is 14.9 Å². The zero-order chi connectivity index (χ0) is 13.6. The fourth-order valence-electron chi connectivity index (χ4n) is 2.00. The molecule has 0 saturated carbocycles. The second-order valence-electron chi connectivity index (χ2n) is 4.36. The molecule has 0 bridgehead atoms. The van der Waals surface area contributed by atoms with Gasteiger partial charge in [0.1, 0.15) is 5.75 Å². The number of fused-ring (bicyclic) bond motifs is 2. The van der Waals surface area contributed by atoms with Crippen molar-refractivity contribution in [2.75, 3.05) is 7.11 Å². The number of phenolic OH excluding ortho intramolecular Hbond substituents is 2. The fraction of sp³-hybridized carbons (Fsp3) is 0.143. The van der Waals surface area contributed by atoms with Gasteiger partial charge in [-0.1, -0.05) is 0 Å². The molecule has 5 heteroatoms. The summed E-state index contributed by atoms with van der Waals surface area (Å²) in [6.07, 6.45) is 0. The van der Waals surface area contributed by atoms with Gasteiger partial charge in [0.15, 0.2) is 11.5 Å². The number of nitrogens with zero attached hydrogens (tertiary/aromatic N) is 2. The molecule has 0 spiro atoms. The number of rotatable bonds is 1. The highest BCUT2D eigenvalue weighted by Gasteiger charge is 2.09. The summed E-state index contributed by atoms with van der Waals surface area (Å²) in [5.74, 6) is 0.559. The maximum Gasteiger partial charge on any atom is 0.162 e. The summed E-state index contributed by atoms with van der Waals surface area (Å²) in [6.45, 7) is 1.80. The molecule has 3 aromatic rings. The van der Waals surface area contributed by atoms with Crippen LogP contribution < -0.4 is 4.74 Å². The van der Waals surface area contributed by atoms with E-state index in [1.807, 2.05) is 0 Å². The highest BCUT2D eigenvalue weighted by molar-refractivity contribution is 5.89. The molecule has 3 rings (SSSR count). The van der Waals surface area contributed by atoms with E-state index in [2.05, 4.69) is 9.97 Å². The van der Waals surface area contributed by atoms with Gasteiger partial charge in [-0.05, 0) is 18.6 Å². The molecule has 96 valence electrons. The Balaban J connectivity index is 2.38. The molecule has 0 amide bonds. The van der Waals surface area contributed by atoms with E-state index in [0.29, 0.717) is 27.8 Å². The number of hydrogen-bond donors (Lipinski definition) is 2. The Bertz CT molecular complexity index is 800. The standard InChI is InChI=1S/C14H12N2O3/c1-7-3-8-9(4-12(7)17)16-11-6-14(19-2)13(18)5-10(11)15-8/h3-6,17-18H,1-2H3. The molecule has 19 heavy (non-hydrogen) atoms. The van der Waals surface area contributed by atoms with E-state index in [1.54, 1.807) is 25.1 Å². The molecule has 0 atom stereocenters. The van der Waals surface area contributed by atoms with E-state index in [1.165, 1.54) is 13.2 Å². The number of aryl methyl sites for hydroxylation is 1. The number of phenols is 2. The largest absolute Gasteiger partial charge is 0.508 e. The first-order chi connectivity index (χ1) is 9.08. The van der Waals surface area contributed by atoms with Crippen molar-refractivity contribution in [3.05, 3.63) is 29.8 Å². The lowest BCUT2D eigenvalue weighted by molar-refractivity contribution is 0.374. The van der Waals surface area contributed by atoms with E-state index < -0.39 is 0 Å². The Kier molecular flexibility index (Phi) is 2.41. The van der Waals surface area contributed by atoms with Crippen LogP contribution in [0.1, 0.15) is 5.56 Å². The number of ether oxygens (including phenoxy) is 1. The third-order valence-electron chi connectivity index (χ3n) is 3.05. The maximum atomic E-state index is 9.75. The molecule has 5 nitrogen and oxygen atoms in total. The van der Waals surface area contributed by atoms with E-state index >= 15 is 0 Å². The molecule has 0 radical (unpaired) electrons. The number of aromatic nitrogens is 2. The molecule has 0 aliphatic carbocycles. The van der Waals surface area contributed by atoms with E-state index in [0.717, 1.165) is 5.56 Å². The minimum absolute atomic E-state index is 0.0270. The predicted octanol–water partition coefficient (Wildman–Crippen LogP) is 2.51. The highest BCUT2D eigenvalue weighted by Crippen LogP contribution is 2.31. The Morgan fingerprint density at radius 3 is 2.00 bits per heavy atom. The average Bonchev–Trinajstić information content (AvgIpc) is 2.38. The summed E-state index contributed by atoms with van der Waals surface area (Å²) in [5.41, 5.74) is 3.19. The van der Waals surface area contributed by atoms with Gasteiger partial charge in [-0.3, -0.25) is 0 Å². The Hall–Kier alpha value is -2.56. The van der Waals surface area contributed by atoms with Crippen molar-refractivity contribution < 1.29 is 14.9 Å². The number of benzene rings is 2. The van der Waals surface area contributed by atoms with Crippen molar-refractivity contribution in [2.24, 2.45) is 0 Å². The lowest BCUT2D eigenvalue weighted by atomic mass is 10.1. The molecule has 0 fully saturated rings. The molecule has 1 heterocycles. The summed E-state index contributed by atoms with van der Waals surface area (Å²) in [6, 6.07) is 6.48. The third-order valence-corrected chi connectivity index (χ3v) is 3.05. The predicted molar refractivity (Wildman–Crippen MR) is 71.7 cm³/mol. The minimum atomic E-state index is 0.0270. The van der Waals surface area contributed by atoms with Gasteiger partial charge >= 0.3 is 0 Å². The van der Waals surface area contributed by atoms with Crippen molar-refractivity contribution in [3.63, 3.8) is 0 Å². The van der Waals surface area contributed by atoms with Gasteiger partial charge in [0.05, 0.1) is 29.2 Å². The SMILES string of the molecule is COc1cc2nc3cc(O)c(C)cc3nc2cc1O. The van der Waals surface area contributed by atoms with Gasteiger partial charge in [-0.25, -0.2) is 9.97 Å². The second kappa shape index (κ2) is 3.98. The van der Waals surface area contributed by atoms with Crippen LogP contribution >= 0.6 is 0 Å². The van der Waals surface area contributed by atoms with E-state index in [-0.39, 0.29) is 11.5 Å². The van der Waals surface area contributed by atoms with E-state index in [4.69, 9.17) is 4.74 Å². The second-order valence-corrected chi connectivity index (χ2v) is 4.36. The summed E-state index contributed by atoms with van der Waals surface area (Å²) < 4.78 is 5.04. The van der Waals surface area contributed by atoms with Crippen LogP contribution in [0.25, 0.3) is 22.1 Å². The molecule has 0 aliphatic rings. The van der Waals surface area contributed by atoms with Gasteiger partial charge in [0.25, 0.3) is 0 Å². The van der Waals surface area contributed by atoms with Crippen LogP contribution in [0.4, 0.5) is 0 Å². The van der Waals surface area contributed by atoms with Crippen molar-refractivity contribution in [2.45, 2.75) is 6.92 Å². The average molecular weight is 256 g/mol. The molecule has 0 unspecified atom stereocenters. The van der Waals surface area contributed by atoms with Crippen molar-refractivity contribution in [1.82, 2.24) is 9.97 Å². The zero-order valence-corrected chi connectivity index (χ0v) is 10.5. The van der Waals surface area contributed by atoms with Gasteiger partial charge in [-0.15, -0.1) is 0 Å². The minimum Gasteiger partial charge on any atom is -0.508 e. The summed E-state index contributed by atoms with van der Waals surface area (Å²) in [4.78, 5) is 8.84.